The van der Waals surface area contributed by atoms with E-state index in [2.05, 4.69) is 4.98 Å². The van der Waals surface area contributed by atoms with Gasteiger partial charge in [0.05, 0.1) is 18.4 Å². The Morgan fingerprint density at radius 3 is 2.65 bits per heavy atom. The third-order valence-corrected chi connectivity index (χ3v) is 2.83. The van der Waals surface area contributed by atoms with Crippen LogP contribution in [-0.4, -0.2) is 34.0 Å². The van der Waals surface area contributed by atoms with E-state index in [1.165, 1.54) is 11.1 Å². The van der Waals surface area contributed by atoms with Crippen LogP contribution in [-0.2, 0) is 6.54 Å². The molecular weight excluding hydrogens is 259 g/mol. The first kappa shape index (κ1) is 14.1. The van der Waals surface area contributed by atoms with Crippen LogP contribution in [0.3, 0.4) is 0 Å². The van der Waals surface area contributed by atoms with Crippen molar-refractivity contribution in [1.29, 1.82) is 0 Å². The van der Waals surface area contributed by atoms with Crippen LogP contribution in [0.4, 0.5) is 4.39 Å². The van der Waals surface area contributed by atoms with E-state index in [9.17, 15) is 9.18 Å². The Hall–Kier alpha value is -2.27. The molecule has 0 spiro atoms. The first-order valence-corrected chi connectivity index (χ1v) is 6.25. The van der Waals surface area contributed by atoms with E-state index in [1.54, 1.807) is 0 Å². The number of aliphatic hydroxyl groups is 1. The predicted molar refractivity (Wildman–Crippen MR) is 72.5 cm³/mol. The maximum atomic E-state index is 13.1. The van der Waals surface area contributed by atoms with Crippen molar-refractivity contribution < 1.29 is 14.3 Å². The van der Waals surface area contributed by atoms with Gasteiger partial charge in [-0.25, -0.2) is 4.39 Å². The number of hydrogen-bond acceptors (Lipinski definition) is 3. The summed E-state index contributed by atoms with van der Waals surface area (Å²) in [6.45, 7) is 0.391. The van der Waals surface area contributed by atoms with Gasteiger partial charge in [0.1, 0.15) is 5.82 Å². The molecule has 0 fully saturated rings. The van der Waals surface area contributed by atoms with E-state index in [0.717, 1.165) is 17.8 Å². The van der Waals surface area contributed by atoms with Crippen LogP contribution in [0.1, 0.15) is 15.9 Å². The molecule has 1 aromatic heterocycles. The van der Waals surface area contributed by atoms with Gasteiger partial charge in [0.2, 0.25) is 0 Å². The fraction of sp³-hybridized carbons (Fsp3) is 0.200. The van der Waals surface area contributed by atoms with Crippen LogP contribution in [0.25, 0.3) is 0 Å². The standard InChI is InChI=1S/C15H15FN2O2/c16-14-8-13(9-17-10-14)15(20)18(6-7-19)11-12-4-2-1-3-5-12/h1-5,8-10,19H,6-7,11H2. The van der Waals surface area contributed by atoms with Gasteiger partial charge >= 0.3 is 0 Å². The van der Waals surface area contributed by atoms with Crippen molar-refractivity contribution in [2.24, 2.45) is 0 Å². The number of benzene rings is 1. The maximum Gasteiger partial charge on any atom is 0.255 e. The Kier molecular flexibility index (Phi) is 4.79. The van der Waals surface area contributed by atoms with Crippen molar-refractivity contribution in [3.63, 3.8) is 0 Å². The summed E-state index contributed by atoms with van der Waals surface area (Å²) < 4.78 is 13.1. The first-order valence-electron chi connectivity index (χ1n) is 6.25. The summed E-state index contributed by atoms with van der Waals surface area (Å²) >= 11 is 0. The molecule has 0 aliphatic carbocycles. The molecule has 0 aliphatic heterocycles. The second-order valence-corrected chi connectivity index (χ2v) is 4.33. The average Bonchev–Trinajstić information content (AvgIpc) is 2.47. The fourth-order valence-electron chi connectivity index (χ4n) is 1.89. The van der Waals surface area contributed by atoms with Gasteiger partial charge in [-0.05, 0) is 11.6 Å². The van der Waals surface area contributed by atoms with E-state index in [4.69, 9.17) is 5.11 Å². The second-order valence-electron chi connectivity index (χ2n) is 4.33. The Labute approximate surface area is 116 Å². The molecule has 0 aliphatic rings. The van der Waals surface area contributed by atoms with E-state index < -0.39 is 5.82 Å². The third-order valence-electron chi connectivity index (χ3n) is 2.83. The summed E-state index contributed by atoms with van der Waals surface area (Å²) in [6.07, 6.45) is 2.37. The van der Waals surface area contributed by atoms with Gasteiger partial charge in [0.15, 0.2) is 0 Å². The predicted octanol–water partition coefficient (Wildman–Crippen LogP) is 1.86. The van der Waals surface area contributed by atoms with Crippen molar-refractivity contribution in [1.82, 2.24) is 9.88 Å². The normalized spacial score (nSPS) is 10.3. The third kappa shape index (κ3) is 3.61. The minimum absolute atomic E-state index is 0.151. The quantitative estimate of drug-likeness (QED) is 0.905. The monoisotopic (exact) mass is 274 g/mol. The highest BCUT2D eigenvalue weighted by atomic mass is 19.1. The van der Waals surface area contributed by atoms with Crippen molar-refractivity contribution in [2.75, 3.05) is 13.2 Å². The number of halogens is 1. The molecule has 0 saturated heterocycles. The molecular formula is C15H15FN2O2. The first-order chi connectivity index (χ1) is 9.70. The van der Waals surface area contributed by atoms with Crippen LogP contribution < -0.4 is 0 Å². The van der Waals surface area contributed by atoms with Crippen molar-refractivity contribution in [2.45, 2.75) is 6.54 Å². The summed E-state index contributed by atoms with van der Waals surface area (Å²) in [4.78, 5) is 17.4. The van der Waals surface area contributed by atoms with Crippen molar-refractivity contribution in [3.05, 3.63) is 65.7 Å². The molecule has 1 N–H and O–H groups in total. The summed E-state index contributed by atoms with van der Waals surface area (Å²) in [6, 6.07) is 10.6. The summed E-state index contributed by atoms with van der Waals surface area (Å²) in [5.41, 5.74) is 1.12. The summed E-state index contributed by atoms with van der Waals surface area (Å²) in [5, 5.41) is 9.08. The molecule has 1 amide bonds. The average molecular weight is 274 g/mol. The summed E-state index contributed by atoms with van der Waals surface area (Å²) in [7, 11) is 0. The Morgan fingerprint density at radius 1 is 1.25 bits per heavy atom. The lowest BCUT2D eigenvalue weighted by molar-refractivity contribution is 0.0707. The minimum atomic E-state index is -0.556. The zero-order valence-corrected chi connectivity index (χ0v) is 10.9. The molecule has 1 aromatic carbocycles. The van der Waals surface area contributed by atoms with Gasteiger partial charge in [0, 0.05) is 19.3 Å². The van der Waals surface area contributed by atoms with Gasteiger partial charge < -0.3 is 10.0 Å². The molecule has 104 valence electrons. The van der Waals surface area contributed by atoms with Crippen LogP contribution in [0.15, 0.2) is 48.8 Å². The molecule has 2 rings (SSSR count). The molecule has 0 radical (unpaired) electrons. The van der Waals surface area contributed by atoms with Crippen molar-refractivity contribution in [3.8, 4) is 0 Å². The molecule has 5 heteroatoms. The highest BCUT2D eigenvalue weighted by Crippen LogP contribution is 2.10. The molecule has 1 heterocycles. The highest BCUT2D eigenvalue weighted by Gasteiger charge is 2.16. The Balaban J connectivity index is 2.18. The van der Waals surface area contributed by atoms with Crippen LogP contribution in [0.5, 0.6) is 0 Å². The van der Waals surface area contributed by atoms with Crippen molar-refractivity contribution >= 4 is 5.91 Å². The number of aliphatic hydroxyl groups excluding tert-OH is 1. The van der Waals surface area contributed by atoms with Gasteiger partial charge in [-0.15, -0.1) is 0 Å². The number of carbonyl (C=O) groups excluding carboxylic acids is 1. The zero-order valence-electron chi connectivity index (χ0n) is 10.9. The van der Waals surface area contributed by atoms with Gasteiger partial charge in [-0.2, -0.15) is 0 Å². The Morgan fingerprint density at radius 2 is 2.00 bits per heavy atom. The summed E-state index contributed by atoms with van der Waals surface area (Å²) in [5.74, 6) is -0.908. The smallest absolute Gasteiger partial charge is 0.255 e. The van der Waals surface area contributed by atoms with E-state index in [0.29, 0.717) is 6.54 Å². The Bertz CT molecular complexity index is 575. The molecule has 2 aromatic rings. The molecule has 0 saturated carbocycles. The van der Waals surface area contributed by atoms with Crippen LogP contribution >= 0.6 is 0 Å². The van der Waals surface area contributed by atoms with E-state index in [-0.39, 0.29) is 24.6 Å². The fourth-order valence-corrected chi connectivity index (χ4v) is 1.89. The molecule has 0 unspecified atom stereocenters. The number of rotatable bonds is 5. The number of carbonyl (C=O) groups is 1. The number of hydrogen-bond donors (Lipinski definition) is 1. The van der Waals surface area contributed by atoms with Gasteiger partial charge in [0.25, 0.3) is 5.91 Å². The van der Waals surface area contributed by atoms with E-state index >= 15 is 0 Å². The van der Waals surface area contributed by atoms with Gasteiger partial charge in [-0.1, -0.05) is 30.3 Å². The maximum absolute atomic E-state index is 13.1. The number of nitrogens with zero attached hydrogens (tertiary/aromatic N) is 2. The molecule has 4 nitrogen and oxygen atoms in total. The van der Waals surface area contributed by atoms with Crippen LogP contribution in [0, 0.1) is 5.82 Å². The lowest BCUT2D eigenvalue weighted by Crippen LogP contribution is -2.33. The zero-order chi connectivity index (χ0) is 14.4. The number of amides is 1. The molecule has 20 heavy (non-hydrogen) atoms. The lowest BCUT2D eigenvalue weighted by Gasteiger charge is -2.21. The number of pyridine rings is 1. The molecule has 0 bridgehead atoms. The van der Waals surface area contributed by atoms with E-state index in [1.807, 2.05) is 30.3 Å². The second kappa shape index (κ2) is 6.77. The SMILES string of the molecule is O=C(c1cncc(F)c1)N(CCO)Cc1ccccc1. The topological polar surface area (TPSA) is 53.4 Å². The lowest BCUT2D eigenvalue weighted by atomic mass is 10.2. The number of aromatic nitrogens is 1. The van der Waals surface area contributed by atoms with Crippen LogP contribution in [0.2, 0.25) is 0 Å². The highest BCUT2D eigenvalue weighted by molar-refractivity contribution is 5.93. The minimum Gasteiger partial charge on any atom is -0.395 e. The molecule has 0 atom stereocenters. The largest absolute Gasteiger partial charge is 0.395 e. The van der Waals surface area contributed by atoms with Gasteiger partial charge in [-0.3, -0.25) is 9.78 Å².